The Morgan fingerprint density at radius 3 is 2.06 bits per heavy atom. The summed E-state index contributed by atoms with van der Waals surface area (Å²) in [5.74, 6) is 1.39. The lowest BCUT2D eigenvalue weighted by Gasteiger charge is -2.37. The van der Waals surface area contributed by atoms with E-state index in [1.807, 2.05) is 84.9 Å². The van der Waals surface area contributed by atoms with Gasteiger partial charge in [0.25, 0.3) is 5.91 Å². The Morgan fingerprint density at radius 2 is 1.45 bits per heavy atom. The smallest absolute Gasteiger partial charge is 0.256 e. The van der Waals surface area contributed by atoms with Crippen molar-refractivity contribution in [3.63, 3.8) is 0 Å². The number of rotatable bonds is 11. The first kappa shape index (κ1) is 32.0. The topological polar surface area (TPSA) is 129 Å². The molecule has 3 atom stereocenters. The zero-order valence-corrected chi connectivity index (χ0v) is 27.0. The number of ether oxygens (including phenoxy) is 4. The molecule has 1 fully saturated rings. The number of hydrogen-bond acceptors (Lipinski definition) is 9. The van der Waals surface area contributed by atoms with Gasteiger partial charge in [0.2, 0.25) is 0 Å². The number of anilines is 1. The van der Waals surface area contributed by atoms with Gasteiger partial charge in [-0.2, -0.15) is 5.10 Å². The molecule has 49 heavy (non-hydrogen) atoms. The third-order valence-electron chi connectivity index (χ3n) is 8.79. The van der Waals surface area contributed by atoms with Gasteiger partial charge in [-0.3, -0.25) is 4.79 Å². The minimum atomic E-state index is -1.07. The summed E-state index contributed by atoms with van der Waals surface area (Å²) in [5, 5.41) is 18.5. The number of nitrogens with zero attached hydrogens (tertiary/aromatic N) is 4. The van der Waals surface area contributed by atoms with E-state index in [0.717, 1.165) is 28.2 Å². The maximum Gasteiger partial charge on any atom is 0.256 e. The van der Waals surface area contributed by atoms with Crippen molar-refractivity contribution in [2.24, 2.45) is 0 Å². The number of methoxy groups -OCH3 is 2. The van der Waals surface area contributed by atoms with Gasteiger partial charge >= 0.3 is 0 Å². The first-order valence-electron chi connectivity index (χ1n) is 15.9. The van der Waals surface area contributed by atoms with Crippen LogP contribution in [0.5, 0.6) is 11.5 Å². The van der Waals surface area contributed by atoms with Gasteiger partial charge in [-0.25, -0.2) is 14.5 Å². The number of carbonyl (C=O) groups excluding carboxylic acids is 1. The quantitative estimate of drug-likeness (QED) is 0.171. The van der Waals surface area contributed by atoms with Gasteiger partial charge in [0.15, 0.2) is 11.5 Å². The normalized spacial score (nSPS) is 17.6. The molecule has 3 heterocycles. The van der Waals surface area contributed by atoms with Crippen LogP contribution in [0, 0.1) is 0 Å². The van der Waals surface area contributed by atoms with Crippen LogP contribution < -0.4 is 14.8 Å². The maximum atomic E-state index is 12.8. The van der Waals surface area contributed by atoms with E-state index in [1.54, 1.807) is 49.2 Å². The van der Waals surface area contributed by atoms with Gasteiger partial charge in [-0.15, -0.1) is 0 Å². The SMILES string of the molecule is COc1ccc(C(OC[C@H]2O[C@@H](c3cnc4c(NC(=O)c5ccccc5)ncnn34)C[C@@H]2O)(c2ccccc2)c2ccc(OC)cc2)cc1. The Bertz CT molecular complexity index is 1970. The average molecular weight is 658 g/mol. The van der Waals surface area contributed by atoms with Crippen molar-refractivity contribution in [2.45, 2.75) is 30.3 Å². The molecule has 11 heteroatoms. The summed E-state index contributed by atoms with van der Waals surface area (Å²) in [7, 11) is 3.26. The van der Waals surface area contributed by atoms with Crippen LogP contribution in [0.4, 0.5) is 5.82 Å². The standard InChI is InChI=1S/C38H35N5O6/c1-46-29-17-13-27(14-18-29)38(26-11-7-4-8-12-26,28-15-19-30(47-2)20-16-28)48-23-34-32(44)21-33(49-34)31-22-39-36-35(40-24-41-43(31)36)42-37(45)25-9-5-3-6-10-25/h3-20,22,24,32-34,44H,21,23H2,1-2H3,(H,40,41,42,45)/t32-,33+,34+/m0/s1. The lowest BCUT2D eigenvalue weighted by molar-refractivity contribution is -0.0834. The number of imidazole rings is 1. The van der Waals surface area contributed by atoms with E-state index in [9.17, 15) is 9.90 Å². The second-order valence-electron chi connectivity index (χ2n) is 11.6. The summed E-state index contributed by atoms with van der Waals surface area (Å²) in [4.78, 5) is 21.6. The lowest BCUT2D eigenvalue weighted by Crippen LogP contribution is -2.38. The molecule has 0 saturated carbocycles. The highest BCUT2D eigenvalue weighted by Gasteiger charge is 2.42. The molecule has 0 spiro atoms. The second kappa shape index (κ2) is 13.9. The number of amides is 1. The third kappa shape index (κ3) is 6.22. The van der Waals surface area contributed by atoms with E-state index in [0.29, 0.717) is 23.3 Å². The van der Waals surface area contributed by atoms with Gasteiger partial charge in [0, 0.05) is 12.0 Å². The minimum Gasteiger partial charge on any atom is -0.497 e. The monoisotopic (exact) mass is 657 g/mol. The molecule has 1 amide bonds. The van der Waals surface area contributed by atoms with Gasteiger partial charge in [-0.1, -0.05) is 72.8 Å². The Labute approximate surface area is 283 Å². The molecule has 1 aliphatic heterocycles. The van der Waals surface area contributed by atoms with Crippen LogP contribution >= 0.6 is 0 Å². The zero-order chi connectivity index (χ0) is 33.8. The maximum absolute atomic E-state index is 12.8. The van der Waals surface area contributed by atoms with Crippen molar-refractivity contribution < 1.29 is 28.8 Å². The number of benzene rings is 4. The van der Waals surface area contributed by atoms with Gasteiger partial charge < -0.3 is 29.4 Å². The van der Waals surface area contributed by atoms with E-state index >= 15 is 0 Å². The molecule has 0 unspecified atom stereocenters. The number of carbonyl (C=O) groups is 1. The van der Waals surface area contributed by atoms with Crippen LogP contribution in [0.25, 0.3) is 5.65 Å². The van der Waals surface area contributed by atoms with Crippen molar-refractivity contribution in [3.05, 3.63) is 150 Å². The van der Waals surface area contributed by atoms with Crippen molar-refractivity contribution in [2.75, 3.05) is 26.1 Å². The molecular weight excluding hydrogens is 622 g/mol. The van der Waals surface area contributed by atoms with E-state index in [1.165, 1.54) is 6.33 Å². The average Bonchev–Trinajstić information content (AvgIpc) is 3.76. The van der Waals surface area contributed by atoms with Gasteiger partial charge in [0.05, 0.1) is 38.8 Å². The number of aliphatic hydroxyl groups excluding tert-OH is 1. The van der Waals surface area contributed by atoms with Crippen LogP contribution in [-0.2, 0) is 15.1 Å². The van der Waals surface area contributed by atoms with E-state index < -0.39 is 23.9 Å². The van der Waals surface area contributed by atoms with E-state index in [2.05, 4.69) is 20.4 Å². The third-order valence-corrected chi connectivity index (χ3v) is 8.79. The number of aromatic nitrogens is 4. The molecule has 1 aliphatic rings. The molecule has 0 bridgehead atoms. The number of hydrogen-bond donors (Lipinski definition) is 2. The Balaban J connectivity index is 1.18. The molecule has 6 aromatic rings. The Hall–Kier alpha value is -5.62. The minimum absolute atomic E-state index is 0.0642. The molecule has 2 N–H and O–H groups in total. The first-order chi connectivity index (χ1) is 24.0. The Kier molecular flexibility index (Phi) is 9.03. The van der Waals surface area contributed by atoms with Crippen molar-refractivity contribution in [3.8, 4) is 11.5 Å². The van der Waals surface area contributed by atoms with E-state index in [-0.39, 0.29) is 18.3 Å². The molecule has 11 nitrogen and oxygen atoms in total. The fourth-order valence-electron chi connectivity index (χ4n) is 6.26. The second-order valence-corrected chi connectivity index (χ2v) is 11.6. The molecule has 0 radical (unpaired) electrons. The fourth-order valence-corrected chi connectivity index (χ4v) is 6.26. The summed E-state index contributed by atoms with van der Waals surface area (Å²) in [6, 6.07) is 34.4. The predicted molar refractivity (Wildman–Crippen MR) is 182 cm³/mol. The van der Waals surface area contributed by atoms with Crippen LogP contribution in [0.2, 0.25) is 0 Å². The van der Waals surface area contributed by atoms with Gasteiger partial charge in [0.1, 0.15) is 35.6 Å². The number of aliphatic hydroxyl groups is 1. The highest BCUT2D eigenvalue weighted by atomic mass is 16.6. The first-order valence-corrected chi connectivity index (χ1v) is 15.9. The molecular formula is C38H35N5O6. The zero-order valence-electron chi connectivity index (χ0n) is 27.0. The summed E-state index contributed by atoms with van der Waals surface area (Å²) in [6.45, 7) is 0.0642. The summed E-state index contributed by atoms with van der Waals surface area (Å²) < 4.78 is 25.9. The van der Waals surface area contributed by atoms with Crippen molar-refractivity contribution >= 4 is 17.4 Å². The van der Waals surface area contributed by atoms with Crippen molar-refractivity contribution in [1.82, 2.24) is 19.6 Å². The van der Waals surface area contributed by atoms with E-state index in [4.69, 9.17) is 18.9 Å². The van der Waals surface area contributed by atoms with Crippen LogP contribution in [-0.4, -0.2) is 63.6 Å². The summed E-state index contributed by atoms with van der Waals surface area (Å²) >= 11 is 0. The molecule has 7 rings (SSSR count). The highest BCUT2D eigenvalue weighted by Crippen LogP contribution is 2.43. The summed E-state index contributed by atoms with van der Waals surface area (Å²) in [6.07, 6.45) is 1.22. The molecule has 248 valence electrons. The largest absolute Gasteiger partial charge is 0.497 e. The van der Waals surface area contributed by atoms with Crippen molar-refractivity contribution in [1.29, 1.82) is 0 Å². The molecule has 2 aromatic heterocycles. The number of fused-ring (bicyclic) bond motifs is 1. The molecule has 0 aliphatic carbocycles. The highest BCUT2D eigenvalue weighted by molar-refractivity contribution is 6.05. The van der Waals surface area contributed by atoms with Crippen LogP contribution in [0.1, 0.15) is 45.3 Å². The van der Waals surface area contributed by atoms with Gasteiger partial charge in [-0.05, 0) is 53.1 Å². The molecule has 4 aromatic carbocycles. The van der Waals surface area contributed by atoms with Crippen LogP contribution in [0.15, 0.2) is 122 Å². The number of nitrogens with one attached hydrogen (secondary N) is 1. The Morgan fingerprint density at radius 1 is 0.857 bits per heavy atom. The lowest BCUT2D eigenvalue weighted by atomic mass is 9.80. The summed E-state index contributed by atoms with van der Waals surface area (Å²) in [5.41, 5.74) is 3.05. The van der Waals surface area contributed by atoms with Crippen LogP contribution in [0.3, 0.4) is 0 Å². The molecule has 1 saturated heterocycles. The predicted octanol–water partition coefficient (Wildman–Crippen LogP) is 5.59. The fraction of sp³-hybridized carbons (Fsp3) is 0.211.